The quantitative estimate of drug-likeness (QED) is 0.256. The Labute approximate surface area is 61.5 Å². The van der Waals surface area contributed by atoms with Crippen LogP contribution in [0.25, 0.3) is 0 Å². The van der Waals surface area contributed by atoms with Crippen molar-refractivity contribution in [2.75, 3.05) is 0 Å². The Morgan fingerprint density at radius 1 is 0.750 bits per heavy atom. The zero-order chi connectivity index (χ0) is 0. The van der Waals surface area contributed by atoms with E-state index in [9.17, 15) is 0 Å². The first kappa shape index (κ1) is 45.5. The Morgan fingerprint density at radius 3 is 0.750 bits per heavy atom. The van der Waals surface area contributed by atoms with E-state index in [2.05, 4.69) is 0 Å². The number of hydrogen-bond donors (Lipinski definition) is 0. The molecule has 0 N–H and O–H groups in total. The molecule has 0 nitrogen and oxygen atoms in total. The summed E-state index contributed by atoms with van der Waals surface area (Å²) in [6, 6.07) is 0. The number of hydrogen-bond acceptors (Lipinski definition) is 0. The van der Waals surface area contributed by atoms with Crippen molar-refractivity contribution in [2.24, 2.45) is 0 Å². The molecule has 0 unspecified atom stereocenters. The molecule has 0 aliphatic rings. The van der Waals surface area contributed by atoms with Crippen molar-refractivity contribution in [3.63, 3.8) is 0 Å². The van der Waals surface area contributed by atoms with Crippen LogP contribution in [-0.2, 0) is 0 Å². The average molecular weight is 85.3 g/mol. The zero-order valence-electron chi connectivity index (χ0n) is 2.46. The molecule has 0 aliphatic heterocycles. The molecule has 0 heterocycles. The molecule has 0 aromatic rings. The topological polar surface area (TPSA) is 0 Å². The van der Waals surface area contributed by atoms with Crippen molar-refractivity contribution in [1.29, 1.82) is 0 Å². The normalized spacial score (nSPS) is 0. The second-order valence-electron chi connectivity index (χ2n) is 0. The minimum atomic E-state index is 0. The van der Waals surface area contributed by atoms with Gasteiger partial charge in [0.2, 0.25) is 0 Å². The summed E-state index contributed by atoms with van der Waals surface area (Å²) in [7, 11) is 0. The first-order valence-electron chi connectivity index (χ1n) is 0. The van der Waals surface area contributed by atoms with E-state index in [4.69, 9.17) is 0 Å². The molecule has 0 amide bonds. The molecular weight excluding hydrogens is 85.3 g/mol. The first-order chi connectivity index (χ1) is 0. The van der Waals surface area contributed by atoms with Crippen LogP contribution in [0.15, 0.2) is 0 Å². The molecular formula is F2MgNa+. The van der Waals surface area contributed by atoms with Crippen molar-refractivity contribution in [2.45, 2.75) is 0 Å². The Morgan fingerprint density at radius 2 is 0.750 bits per heavy atom. The van der Waals surface area contributed by atoms with Gasteiger partial charge < -0.3 is 9.41 Å². The van der Waals surface area contributed by atoms with Gasteiger partial charge in [-0.3, -0.25) is 0 Å². The summed E-state index contributed by atoms with van der Waals surface area (Å²) >= 11 is 0. The maximum absolute atomic E-state index is 0. The molecule has 0 aromatic carbocycles. The van der Waals surface area contributed by atoms with Crippen LogP contribution in [0.1, 0.15) is 0 Å². The molecule has 0 spiro atoms. The molecule has 0 bridgehead atoms. The van der Waals surface area contributed by atoms with Crippen molar-refractivity contribution in [3.8, 4) is 0 Å². The number of halogens is 2. The molecule has 0 aliphatic carbocycles. The van der Waals surface area contributed by atoms with Crippen LogP contribution in [-0.4, -0.2) is 23.1 Å². The van der Waals surface area contributed by atoms with E-state index in [1.165, 1.54) is 0 Å². The van der Waals surface area contributed by atoms with Gasteiger partial charge in [0.15, 0.2) is 0 Å². The van der Waals surface area contributed by atoms with Crippen LogP contribution < -0.4 is 39.0 Å². The fraction of sp³-hybridized carbons (Fsp3) is 0. The van der Waals surface area contributed by atoms with Crippen molar-refractivity contribution in [3.05, 3.63) is 0 Å². The van der Waals surface area contributed by atoms with Crippen molar-refractivity contribution < 1.29 is 39.0 Å². The van der Waals surface area contributed by atoms with Gasteiger partial charge in [-0.15, -0.1) is 0 Å². The molecule has 0 saturated heterocycles. The van der Waals surface area contributed by atoms with Crippen LogP contribution in [0, 0.1) is 0 Å². The van der Waals surface area contributed by atoms with Crippen LogP contribution in [0.4, 0.5) is 0 Å². The summed E-state index contributed by atoms with van der Waals surface area (Å²) in [5, 5.41) is 0. The second-order valence-corrected chi connectivity index (χ2v) is 0. The summed E-state index contributed by atoms with van der Waals surface area (Å²) in [6.45, 7) is 0. The molecule has 0 fully saturated rings. The van der Waals surface area contributed by atoms with E-state index in [-0.39, 0.29) is 62.0 Å². The maximum atomic E-state index is 0. The molecule has 0 aromatic heterocycles. The summed E-state index contributed by atoms with van der Waals surface area (Å²) in [6.07, 6.45) is 0. The van der Waals surface area contributed by atoms with Gasteiger partial charge in [0.25, 0.3) is 0 Å². The fourth-order valence-corrected chi connectivity index (χ4v) is 0. The third kappa shape index (κ3) is 9.46. The molecule has 16 valence electrons. The van der Waals surface area contributed by atoms with Gasteiger partial charge in [0.05, 0.1) is 0 Å². The van der Waals surface area contributed by atoms with Crippen LogP contribution in [0.3, 0.4) is 0 Å². The summed E-state index contributed by atoms with van der Waals surface area (Å²) in [4.78, 5) is 0. The van der Waals surface area contributed by atoms with Crippen molar-refractivity contribution in [1.82, 2.24) is 0 Å². The van der Waals surface area contributed by atoms with Crippen LogP contribution in [0.5, 0.6) is 0 Å². The van der Waals surface area contributed by atoms with Gasteiger partial charge in [-0.05, 0) is 0 Å². The van der Waals surface area contributed by atoms with Crippen LogP contribution in [0.2, 0.25) is 0 Å². The third-order valence-corrected chi connectivity index (χ3v) is 0. The van der Waals surface area contributed by atoms with E-state index in [1.807, 2.05) is 0 Å². The van der Waals surface area contributed by atoms with Gasteiger partial charge in [0, 0.05) is 0 Å². The smallest absolute Gasteiger partial charge is 1.00 e. The largest absolute Gasteiger partial charge is 2.00 e. The standard InChI is InChI=1S/2FH.Mg.Na/h2*1H;;/q;;+2;+1/p-2. The SMILES string of the molecule is [F-].[F-].[Mg+2].[Na+]. The Kier molecular flexibility index (Phi) is 262. The van der Waals surface area contributed by atoms with Gasteiger partial charge >= 0.3 is 52.6 Å². The second kappa shape index (κ2) is 23.0. The first-order valence-corrected chi connectivity index (χ1v) is 0. The fourth-order valence-electron chi connectivity index (χ4n) is 0. The molecule has 0 rings (SSSR count). The molecule has 0 saturated carbocycles. The van der Waals surface area contributed by atoms with E-state index in [0.717, 1.165) is 0 Å². The molecule has 0 radical (unpaired) electrons. The van der Waals surface area contributed by atoms with E-state index in [0.29, 0.717) is 0 Å². The van der Waals surface area contributed by atoms with E-state index >= 15 is 0 Å². The Bertz CT molecular complexity index is 6.00. The van der Waals surface area contributed by atoms with Gasteiger partial charge in [-0.2, -0.15) is 0 Å². The minimum absolute atomic E-state index is 0. The molecule has 4 heteroatoms. The van der Waals surface area contributed by atoms with Crippen molar-refractivity contribution >= 4 is 23.1 Å². The zero-order valence-corrected chi connectivity index (χ0v) is 5.88. The summed E-state index contributed by atoms with van der Waals surface area (Å²) in [5.74, 6) is 0. The third-order valence-electron chi connectivity index (χ3n) is 0. The van der Waals surface area contributed by atoms with Gasteiger partial charge in [0.1, 0.15) is 0 Å². The molecule has 4 heavy (non-hydrogen) atoms. The van der Waals surface area contributed by atoms with Crippen LogP contribution >= 0.6 is 0 Å². The molecule has 0 atom stereocenters. The van der Waals surface area contributed by atoms with Gasteiger partial charge in [-0.25, -0.2) is 0 Å². The maximum Gasteiger partial charge on any atom is 2.00 e. The number of rotatable bonds is 0. The van der Waals surface area contributed by atoms with E-state index in [1.54, 1.807) is 0 Å². The summed E-state index contributed by atoms with van der Waals surface area (Å²) < 4.78 is 0. The minimum Gasteiger partial charge on any atom is -1.00 e. The predicted molar refractivity (Wildman–Crippen MR) is 5.75 cm³/mol. The van der Waals surface area contributed by atoms with E-state index < -0.39 is 0 Å². The average Bonchev–Trinajstić information content (AvgIpc) is 0. The Balaban J connectivity index is 0. The monoisotopic (exact) mass is 85.0 g/mol. The summed E-state index contributed by atoms with van der Waals surface area (Å²) in [5.41, 5.74) is 0. The Hall–Kier alpha value is 1.63. The predicted octanol–water partition coefficient (Wildman–Crippen LogP) is -9.37. The van der Waals surface area contributed by atoms with Gasteiger partial charge in [-0.1, -0.05) is 0 Å².